The highest BCUT2D eigenvalue weighted by Crippen LogP contribution is 2.16. The molecule has 13 heavy (non-hydrogen) atoms. The first-order valence-electron chi connectivity index (χ1n) is 4.51. The van der Waals surface area contributed by atoms with Crippen LogP contribution in [0.15, 0.2) is 12.4 Å². The molecule has 3 nitrogen and oxygen atoms in total. The van der Waals surface area contributed by atoms with Gasteiger partial charge < -0.3 is 4.74 Å². The molecular weight excluding hydrogens is 164 g/mol. The molecule has 1 heterocycles. The molecule has 0 N–H and O–H groups in total. The van der Waals surface area contributed by atoms with Crippen molar-refractivity contribution < 1.29 is 4.74 Å². The highest BCUT2D eigenvalue weighted by atomic mass is 16.5. The molecule has 0 saturated carbocycles. The second-order valence-electron chi connectivity index (χ2n) is 3.76. The summed E-state index contributed by atoms with van der Waals surface area (Å²) in [7, 11) is 0. The lowest BCUT2D eigenvalue weighted by Crippen LogP contribution is -2.27. The molecule has 0 aromatic carbocycles. The Kier molecular flexibility index (Phi) is 2.86. The normalized spacial score (nSPS) is 11.4. The molecule has 0 aliphatic carbocycles. The molecular formula is C10H16N2O. The van der Waals surface area contributed by atoms with Gasteiger partial charge in [0.05, 0.1) is 0 Å². The van der Waals surface area contributed by atoms with Gasteiger partial charge in [-0.25, -0.2) is 9.97 Å². The molecule has 3 heteroatoms. The topological polar surface area (TPSA) is 35.0 Å². The fourth-order valence-corrected chi connectivity index (χ4v) is 0.753. The summed E-state index contributed by atoms with van der Waals surface area (Å²) in [5, 5.41) is 0. The van der Waals surface area contributed by atoms with Gasteiger partial charge in [0.25, 0.3) is 0 Å². The number of rotatable bonds is 3. The van der Waals surface area contributed by atoms with Gasteiger partial charge in [0.2, 0.25) is 0 Å². The number of hydrogen-bond donors (Lipinski definition) is 0. The van der Waals surface area contributed by atoms with E-state index in [0.717, 1.165) is 12.0 Å². The molecule has 0 fully saturated rings. The molecule has 1 aromatic rings. The third kappa shape index (κ3) is 3.01. The molecule has 0 atom stereocenters. The van der Waals surface area contributed by atoms with E-state index in [1.807, 2.05) is 20.8 Å². The van der Waals surface area contributed by atoms with Crippen molar-refractivity contribution in [3.8, 4) is 6.01 Å². The van der Waals surface area contributed by atoms with E-state index in [1.54, 1.807) is 12.4 Å². The Hall–Kier alpha value is -1.12. The van der Waals surface area contributed by atoms with Crippen molar-refractivity contribution in [2.24, 2.45) is 0 Å². The Labute approximate surface area is 79.2 Å². The molecule has 0 amide bonds. The molecule has 72 valence electrons. The highest BCUT2D eigenvalue weighted by Gasteiger charge is 2.17. The van der Waals surface area contributed by atoms with E-state index in [1.165, 1.54) is 0 Å². The zero-order chi connectivity index (χ0) is 9.90. The summed E-state index contributed by atoms with van der Waals surface area (Å²) >= 11 is 0. The van der Waals surface area contributed by atoms with Crippen molar-refractivity contribution in [3.63, 3.8) is 0 Å². The number of ether oxygens (including phenoxy) is 1. The van der Waals surface area contributed by atoms with E-state index in [0.29, 0.717) is 6.01 Å². The van der Waals surface area contributed by atoms with Gasteiger partial charge >= 0.3 is 6.01 Å². The van der Waals surface area contributed by atoms with Crippen LogP contribution in [0.2, 0.25) is 0 Å². The van der Waals surface area contributed by atoms with Gasteiger partial charge in [-0.3, -0.25) is 0 Å². The fourth-order valence-electron chi connectivity index (χ4n) is 0.753. The Morgan fingerprint density at radius 2 is 1.85 bits per heavy atom. The lowest BCUT2D eigenvalue weighted by Gasteiger charge is -2.22. The fraction of sp³-hybridized carbons (Fsp3) is 0.600. The molecule has 1 rings (SSSR count). The molecule has 1 aromatic heterocycles. The van der Waals surface area contributed by atoms with E-state index in [9.17, 15) is 0 Å². The number of aromatic nitrogens is 2. The second kappa shape index (κ2) is 3.73. The average molecular weight is 180 g/mol. The van der Waals surface area contributed by atoms with Crippen LogP contribution < -0.4 is 4.74 Å². The smallest absolute Gasteiger partial charge is 0.316 e. The van der Waals surface area contributed by atoms with Crippen LogP contribution in [0.3, 0.4) is 0 Å². The van der Waals surface area contributed by atoms with E-state index in [2.05, 4.69) is 16.9 Å². The van der Waals surface area contributed by atoms with E-state index in [-0.39, 0.29) is 5.60 Å². The summed E-state index contributed by atoms with van der Waals surface area (Å²) in [5.74, 6) is 0. The summed E-state index contributed by atoms with van der Waals surface area (Å²) in [6.45, 7) is 8.08. The minimum absolute atomic E-state index is 0.185. The summed E-state index contributed by atoms with van der Waals surface area (Å²) in [4.78, 5) is 8.16. The number of aryl methyl sites for hydroxylation is 1. The zero-order valence-corrected chi connectivity index (χ0v) is 8.66. The maximum Gasteiger partial charge on any atom is 0.316 e. The maximum atomic E-state index is 5.58. The van der Waals surface area contributed by atoms with Crippen LogP contribution in [0.1, 0.15) is 32.8 Å². The SMILES string of the molecule is CCC(C)(C)Oc1ncc(C)cn1. The summed E-state index contributed by atoms with van der Waals surface area (Å²) in [5.41, 5.74) is 0.858. The first kappa shape index (κ1) is 9.96. The van der Waals surface area contributed by atoms with E-state index >= 15 is 0 Å². The summed E-state index contributed by atoms with van der Waals surface area (Å²) in [6.07, 6.45) is 4.45. The Morgan fingerprint density at radius 3 is 2.31 bits per heavy atom. The lowest BCUT2D eigenvalue weighted by atomic mass is 10.1. The van der Waals surface area contributed by atoms with Crippen molar-refractivity contribution in [1.29, 1.82) is 0 Å². The van der Waals surface area contributed by atoms with Crippen molar-refractivity contribution in [2.75, 3.05) is 0 Å². The third-order valence-corrected chi connectivity index (χ3v) is 1.98. The van der Waals surface area contributed by atoms with Gasteiger partial charge in [-0.1, -0.05) is 6.92 Å². The van der Waals surface area contributed by atoms with Crippen LogP contribution >= 0.6 is 0 Å². The van der Waals surface area contributed by atoms with Crippen LogP contribution in [0.25, 0.3) is 0 Å². The molecule has 0 spiro atoms. The second-order valence-corrected chi connectivity index (χ2v) is 3.76. The molecule has 0 aliphatic heterocycles. The van der Waals surface area contributed by atoms with Crippen molar-refractivity contribution >= 4 is 0 Å². The molecule has 0 unspecified atom stereocenters. The molecule has 0 radical (unpaired) electrons. The molecule has 0 aliphatic rings. The summed E-state index contributed by atoms with van der Waals surface area (Å²) < 4.78 is 5.58. The van der Waals surface area contributed by atoms with Crippen molar-refractivity contribution in [3.05, 3.63) is 18.0 Å². The maximum absolute atomic E-state index is 5.58. The largest absolute Gasteiger partial charge is 0.457 e. The first-order chi connectivity index (χ1) is 6.03. The predicted molar refractivity (Wildman–Crippen MR) is 51.8 cm³/mol. The Bertz CT molecular complexity index is 267. The van der Waals surface area contributed by atoms with Crippen LogP contribution in [-0.2, 0) is 0 Å². The van der Waals surface area contributed by atoms with Gasteiger partial charge in [-0.05, 0) is 32.8 Å². The summed E-state index contributed by atoms with van der Waals surface area (Å²) in [6, 6.07) is 0.456. The van der Waals surface area contributed by atoms with Crippen LogP contribution in [0.5, 0.6) is 6.01 Å². The van der Waals surface area contributed by atoms with Gasteiger partial charge in [-0.2, -0.15) is 0 Å². The Balaban J connectivity index is 2.69. The van der Waals surface area contributed by atoms with Gasteiger partial charge in [-0.15, -0.1) is 0 Å². The van der Waals surface area contributed by atoms with Gasteiger partial charge in [0, 0.05) is 12.4 Å². The Morgan fingerprint density at radius 1 is 1.31 bits per heavy atom. The van der Waals surface area contributed by atoms with E-state index in [4.69, 9.17) is 4.74 Å². The lowest BCUT2D eigenvalue weighted by molar-refractivity contribution is 0.0924. The monoisotopic (exact) mass is 180 g/mol. The standard InChI is InChI=1S/C10H16N2O/c1-5-10(3,4)13-9-11-6-8(2)7-12-9/h6-7H,5H2,1-4H3. The van der Waals surface area contributed by atoms with Crippen LogP contribution in [0, 0.1) is 6.92 Å². The van der Waals surface area contributed by atoms with Gasteiger partial charge in [0.1, 0.15) is 5.60 Å². The van der Waals surface area contributed by atoms with Crippen molar-refractivity contribution in [1.82, 2.24) is 9.97 Å². The third-order valence-electron chi connectivity index (χ3n) is 1.98. The minimum Gasteiger partial charge on any atom is -0.457 e. The average Bonchev–Trinajstić information content (AvgIpc) is 2.09. The van der Waals surface area contributed by atoms with Crippen molar-refractivity contribution in [2.45, 2.75) is 39.7 Å². The van der Waals surface area contributed by atoms with E-state index < -0.39 is 0 Å². The highest BCUT2D eigenvalue weighted by molar-refractivity contribution is 5.05. The van der Waals surface area contributed by atoms with Crippen LogP contribution in [0.4, 0.5) is 0 Å². The minimum atomic E-state index is -0.185. The number of hydrogen-bond acceptors (Lipinski definition) is 3. The van der Waals surface area contributed by atoms with Crippen LogP contribution in [-0.4, -0.2) is 15.6 Å². The quantitative estimate of drug-likeness (QED) is 0.716. The predicted octanol–water partition coefficient (Wildman–Crippen LogP) is 2.35. The zero-order valence-electron chi connectivity index (χ0n) is 8.66. The van der Waals surface area contributed by atoms with Gasteiger partial charge in [0.15, 0.2) is 0 Å². The molecule has 0 saturated heterocycles. The molecule has 0 bridgehead atoms. The number of nitrogens with zero attached hydrogens (tertiary/aromatic N) is 2. The first-order valence-corrected chi connectivity index (χ1v) is 4.51.